The van der Waals surface area contributed by atoms with Crippen LogP contribution in [0, 0.1) is 0 Å². The highest BCUT2D eigenvalue weighted by molar-refractivity contribution is 5.86. The van der Waals surface area contributed by atoms with Gasteiger partial charge in [0.25, 0.3) is 0 Å². The second-order valence-corrected chi connectivity index (χ2v) is 5.00. The van der Waals surface area contributed by atoms with Crippen LogP contribution in [0.1, 0.15) is 18.1 Å². The molecule has 4 heteroatoms. The summed E-state index contributed by atoms with van der Waals surface area (Å²) < 4.78 is 9.69. The number of benzene rings is 2. The van der Waals surface area contributed by atoms with Gasteiger partial charge in [0.15, 0.2) is 11.5 Å². The normalized spacial score (nSPS) is 9.84. The molecule has 0 bridgehead atoms. The van der Waals surface area contributed by atoms with Crippen LogP contribution in [0.2, 0.25) is 0 Å². The Morgan fingerprint density at radius 3 is 2.52 bits per heavy atom. The highest BCUT2D eigenvalue weighted by Crippen LogP contribution is 2.26. The van der Waals surface area contributed by atoms with E-state index in [4.69, 9.17) is 9.47 Å². The highest BCUT2D eigenvalue weighted by Gasteiger charge is 2.00. The van der Waals surface area contributed by atoms with E-state index in [1.54, 1.807) is 25.1 Å². The average molecular weight is 340 g/mol. The van der Waals surface area contributed by atoms with Crippen LogP contribution < -0.4 is 4.74 Å². The summed E-state index contributed by atoms with van der Waals surface area (Å²) in [5.41, 5.74) is 2.08. The molecule has 0 fully saturated rings. The standard InChI is InChI=1S/C11H12O2.C10H12O2/c1-2-13-11(12)9-8-10-6-4-3-5-7-10;1-3-4-8-5-6-9(11)10(7-8)12-2/h3-9H,2H2,1H3;3,5-7,11H,1,4H2,2H3. The van der Waals surface area contributed by atoms with Crippen molar-refractivity contribution >= 4 is 12.0 Å². The molecule has 132 valence electrons. The van der Waals surface area contributed by atoms with Crippen LogP contribution in [0.25, 0.3) is 6.08 Å². The second-order valence-electron chi connectivity index (χ2n) is 5.00. The van der Waals surface area contributed by atoms with Crippen molar-refractivity contribution in [3.05, 3.63) is 78.4 Å². The van der Waals surface area contributed by atoms with Gasteiger partial charge in [0.05, 0.1) is 13.7 Å². The molecule has 25 heavy (non-hydrogen) atoms. The number of esters is 1. The predicted molar refractivity (Wildman–Crippen MR) is 101 cm³/mol. The molecule has 0 unspecified atom stereocenters. The first-order chi connectivity index (χ1) is 12.1. The molecule has 0 aliphatic carbocycles. The van der Waals surface area contributed by atoms with Crippen LogP contribution in [0.4, 0.5) is 0 Å². The molecule has 0 atom stereocenters. The number of rotatable bonds is 6. The molecule has 0 saturated carbocycles. The van der Waals surface area contributed by atoms with Crippen molar-refractivity contribution in [1.82, 2.24) is 0 Å². The molecule has 4 nitrogen and oxygen atoms in total. The molecule has 0 radical (unpaired) electrons. The van der Waals surface area contributed by atoms with Gasteiger partial charge in [-0.2, -0.15) is 0 Å². The van der Waals surface area contributed by atoms with Gasteiger partial charge in [-0.3, -0.25) is 0 Å². The Kier molecular flexibility index (Phi) is 9.23. The SMILES string of the molecule is C=CCc1ccc(O)c(OC)c1.CCOC(=O)C=Cc1ccccc1. The van der Waals surface area contributed by atoms with E-state index in [2.05, 4.69) is 6.58 Å². The maximum atomic E-state index is 10.9. The van der Waals surface area contributed by atoms with E-state index in [0.717, 1.165) is 17.5 Å². The third kappa shape index (κ3) is 7.88. The van der Waals surface area contributed by atoms with Crippen LogP contribution >= 0.6 is 0 Å². The van der Waals surface area contributed by atoms with Crippen molar-refractivity contribution in [2.24, 2.45) is 0 Å². The Morgan fingerprint density at radius 1 is 1.20 bits per heavy atom. The molecular formula is C21H24O4. The minimum absolute atomic E-state index is 0.172. The van der Waals surface area contributed by atoms with E-state index in [0.29, 0.717) is 12.4 Å². The van der Waals surface area contributed by atoms with Crippen LogP contribution in [-0.4, -0.2) is 24.8 Å². The quantitative estimate of drug-likeness (QED) is 0.481. The van der Waals surface area contributed by atoms with Crippen LogP contribution in [0.3, 0.4) is 0 Å². The van der Waals surface area contributed by atoms with Crippen molar-refractivity contribution in [3.8, 4) is 11.5 Å². The molecule has 0 saturated heterocycles. The van der Waals surface area contributed by atoms with E-state index in [-0.39, 0.29) is 11.7 Å². The number of carbonyl (C=O) groups excluding carboxylic acids is 1. The van der Waals surface area contributed by atoms with Crippen molar-refractivity contribution in [3.63, 3.8) is 0 Å². The molecule has 1 N–H and O–H groups in total. The van der Waals surface area contributed by atoms with Gasteiger partial charge in [0, 0.05) is 6.08 Å². The lowest BCUT2D eigenvalue weighted by Crippen LogP contribution is -1.98. The second kappa shape index (κ2) is 11.5. The van der Waals surface area contributed by atoms with Crippen molar-refractivity contribution < 1.29 is 19.4 Å². The minimum atomic E-state index is -0.300. The Hall–Kier alpha value is -3.01. The number of phenols is 1. The summed E-state index contributed by atoms with van der Waals surface area (Å²) in [6.45, 7) is 5.83. The lowest BCUT2D eigenvalue weighted by atomic mass is 10.1. The number of ether oxygens (including phenoxy) is 2. The largest absolute Gasteiger partial charge is 0.504 e. The topological polar surface area (TPSA) is 55.8 Å². The molecule has 2 aromatic rings. The summed E-state index contributed by atoms with van der Waals surface area (Å²) in [6, 6.07) is 14.9. The lowest BCUT2D eigenvalue weighted by molar-refractivity contribution is -0.137. The molecule has 2 aromatic carbocycles. The minimum Gasteiger partial charge on any atom is -0.504 e. The van der Waals surface area contributed by atoms with Gasteiger partial charge in [0.1, 0.15) is 0 Å². The maximum Gasteiger partial charge on any atom is 0.330 e. The lowest BCUT2D eigenvalue weighted by Gasteiger charge is -2.04. The number of allylic oxidation sites excluding steroid dienone is 1. The number of hydrogen-bond acceptors (Lipinski definition) is 4. The van der Waals surface area contributed by atoms with Gasteiger partial charge >= 0.3 is 5.97 Å². The number of aromatic hydroxyl groups is 1. The predicted octanol–water partition coefficient (Wildman–Crippen LogP) is 4.39. The van der Waals surface area contributed by atoms with Gasteiger partial charge < -0.3 is 14.6 Å². The summed E-state index contributed by atoms with van der Waals surface area (Å²) >= 11 is 0. The van der Waals surface area contributed by atoms with E-state index in [1.807, 2.05) is 42.5 Å². The summed E-state index contributed by atoms with van der Waals surface area (Å²) in [5, 5.41) is 9.25. The fraction of sp³-hybridized carbons (Fsp3) is 0.190. The third-order valence-corrected chi connectivity index (χ3v) is 3.12. The molecule has 0 amide bonds. The first kappa shape index (κ1) is 20.0. The number of hydrogen-bond donors (Lipinski definition) is 1. The third-order valence-electron chi connectivity index (χ3n) is 3.12. The zero-order chi connectivity index (χ0) is 18.5. The molecular weight excluding hydrogens is 316 g/mol. The molecule has 0 aliphatic rings. The maximum absolute atomic E-state index is 10.9. The summed E-state index contributed by atoms with van der Waals surface area (Å²) in [4.78, 5) is 10.9. The molecule has 0 spiro atoms. The van der Waals surface area contributed by atoms with Gasteiger partial charge in [-0.25, -0.2) is 4.79 Å². The number of methoxy groups -OCH3 is 1. The van der Waals surface area contributed by atoms with E-state index in [9.17, 15) is 9.90 Å². The number of phenolic OH excluding ortho intramolecular Hbond substituents is 1. The molecule has 0 aromatic heterocycles. The summed E-state index contributed by atoms with van der Waals surface area (Å²) in [5.74, 6) is 0.381. The van der Waals surface area contributed by atoms with Crippen molar-refractivity contribution in [2.75, 3.05) is 13.7 Å². The fourth-order valence-corrected chi connectivity index (χ4v) is 1.93. The van der Waals surface area contributed by atoms with Crippen LogP contribution in [-0.2, 0) is 16.0 Å². The first-order valence-corrected chi connectivity index (χ1v) is 7.97. The first-order valence-electron chi connectivity index (χ1n) is 7.97. The zero-order valence-electron chi connectivity index (χ0n) is 14.6. The number of carbonyl (C=O) groups is 1. The van der Waals surface area contributed by atoms with Gasteiger partial charge in [-0.1, -0.05) is 42.5 Å². The van der Waals surface area contributed by atoms with Gasteiger partial charge in [-0.05, 0) is 42.7 Å². The highest BCUT2D eigenvalue weighted by atomic mass is 16.5. The van der Waals surface area contributed by atoms with E-state index in [1.165, 1.54) is 13.2 Å². The van der Waals surface area contributed by atoms with E-state index >= 15 is 0 Å². The van der Waals surface area contributed by atoms with Gasteiger partial charge in [0.2, 0.25) is 0 Å². The average Bonchev–Trinajstić information content (AvgIpc) is 2.63. The van der Waals surface area contributed by atoms with Crippen molar-refractivity contribution in [2.45, 2.75) is 13.3 Å². The zero-order valence-corrected chi connectivity index (χ0v) is 14.6. The van der Waals surface area contributed by atoms with Crippen LogP contribution in [0.15, 0.2) is 67.3 Å². The Bertz CT molecular complexity index is 690. The Labute approximate surface area is 149 Å². The van der Waals surface area contributed by atoms with E-state index < -0.39 is 0 Å². The molecule has 2 rings (SSSR count). The monoisotopic (exact) mass is 340 g/mol. The Morgan fingerprint density at radius 2 is 1.92 bits per heavy atom. The van der Waals surface area contributed by atoms with Gasteiger partial charge in [-0.15, -0.1) is 6.58 Å². The molecule has 0 aliphatic heterocycles. The fourth-order valence-electron chi connectivity index (χ4n) is 1.93. The summed E-state index contributed by atoms with van der Waals surface area (Å²) in [6.07, 6.45) is 5.76. The molecule has 0 heterocycles. The smallest absolute Gasteiger partial charge is 0.330 e. The summed E-state index contributed by atoms with van der Waals surface area (Å²) in [7, 11) is 1.53. The Balaban J connectivity index is 0.000000251. The van der Waals surface area contributed by atoms with Crippen LogP contribution in [0.5, 0.6) is 11.5 Å². The van der Waals surface area contributed by atoms with Crippen molar-refractivity contribution in [1.29, 1.82) is 0 Å².